The number of nitrogens with zero attached hydrogens (tertiary/aromatic N) is 1. The quantitative estimate of drug-likeness (QED) is 0.525. The maximum absolute atomic E-state index is 13.1. The van der Waals surface area contributed by atoms with E-state index in [2.05, 4.69) is 5.32 Å². The normalized spacial score (nSPS) is 13.0. The number of rotatable bonds is 8. The smallest absolute Gasteiger partial charge is 0.407 e. The van der Waals surface area contributed by atoms with Gasteiger partial charge in [0.2, 0.25) is 0 Å². The molecule has 0 bridgehead atoms. The van der Waals surface area contributed by atoms with Gasteiger partial charge in [-0.15, -0.1) is 0 Å². The zero-order chi connectivity index (χ0) is 23.4. The third kappa shape index (κ3) is 4.98. The second kappa shape index (κ2) is 9.73. The molecule has 0 aromatic heterocycles. The van der Waals surface area contributed by atoms with Gasteiger partial charge in [0.1, 0.15) is 18.5 Å². The Morgan fingerprint density at radius 2 is 1.58 bits per heavy atom. The van der Waals surface area contributed by atoms with Crippen molar-refractivity contribution >= 4 is 17.7 Å². The summed E-state index contributed by atoms with van der Waals surface area (Å²) in [6.45, 7) is 0.466. The summed E-state index contributed by atoms with van der Waals surface area (Å²) in [7, 11) is 1.78. The van der Waals surface area contributed by atoms with Crippen LogP contribution in [0, 0.1) is 5.82 Å². The highest BCUT2D eigenvalue weighted by atomic mass is 19.1. The summed E-state index contributed by atoms with van der Waals surface area (Å²) in [6, 6.07) is 20.8. The highest BCUT2D eigenvalue weighted by Gasteiger charge is 2.29. The molecule has 2 N–H and O–H groups in total. The number of carbonyl (C=O) groups excluding carboxylic acids is 1. The number of ether oxygens (including phenoxy) is 1. The van der Waals surface area contributed by atoms with E-state index in [0.717, 1.165) is 27.9 Å². The summed E-state index contributed by atoms with van der Waals surface area (Å²) >= 11 is 0. The van der Waals surface area contributed by atoms with Crippen molar-refractivity contribution in [3.05, 3.63) is 89.7 Å². The molecule has 3 aromatic carbocycles. The van der Waals surface area contributed by atoms with Crippen molar-refractivity contribution in [2.45, 2.75) is 18.4 Å². The zero-order valence-corrected chi connectivity index (χ0v) is 18.2. The third-order valence-corrected chi connectivity index (χ3v) is 5.95. The number of benzene rings is 3. The van der Waals surface area contributed by atoms with Gasteiger partial charge in [-0.2, -0.15) is 0 Å². The number of carboxylic acid groups (broad SMARTS) is 1. The van der Waals surface area contributed by atoms with E-state index in [1.807, 2.05) is 48.5 Å². The van der Waals surface area contributed by atoms with E-state index in [0.29, 0.717) is 6.54 Å². The fourth-order valence-corrected chi connectivity index (χ4v) is 4.19. The first-order valence-corrected chi connectivity index (χ1v) is 10.7. The number of amides is 1. The number of fused-ring (bicyclic) bond motifs is 3. The van der Waals surface area contributed by atoms with Crippen LogP contribution in [0.3, 0.4) is 0 Å². The third-order valence-electron chi connectivity index (χ3n) is 5.95. The molecule has 3 aromatic rings. The van der Waals surface area contributed by atoms with Gasteiger partial charge >= 0.3 is 12.1 Å². The first-order valence-electron chi connectivity index (χ1n) is 10.7. The van der Waals surface area contributed by atoms with Crippen LogP contribution >= 0.6 is 0 Å². The monoisotopic (exact) mass is 448 g/mol. The lowest BCUT2D eigenvalue weighted by atomic mass is 9.98. The topological polar surface area (TPSA) is 78.9 Å². The fraction of sp³-hybridized carbons (Fsp3) is 0.231. The number of carbonyl (C=O) groups is 2. The lowest BCUT2D eigenvalue weighted by molar-refractivity contribution is -0.139. The SMILES string of the molecule is CN(CC[C@H](NC(=O)OCC1c2ccccc2-c2ccccc21)C(=O)O)c1ccc(F)cc1. The molecule has 0 heterocycles. The molecular formula is C26H25FN2O4. The minimum Gasteiger partial charge on any atom is -0.480 e. The molecule has 0 saturated carbocycles. The molecule has 170 valence electrons. The molecule has 1 aliphatic rings. The van der Waals surface area contributed by atoms with Gasteiger partial charge in [-0.05, 0) is 52.9 Å². The minimum atomic E-state index is -1.14. The van der Waals surface area contributed by atoms with Crippen LogP contribution in [0.5, 0.6) is 0 Å². The first-order chi connectivity index (χ1) is 15.9. The van der Waals surface area contributed by atoms with E-state index in [-0.39, 0.29) is 24.8 Å². The number of hydrogen-bond donors (Lipinski definition) is 2. The Bertz CT molecular complexity index is 1100. The van der Waals surface area contributed by atoms with Crippen LogP contribution in [0.25, 0.3) is 11.1 Å². The van der Waals surface area contributed by atoms with Gasteiger partial charge < -0.3 is 20.1 Å². The summed E-state index contributed by atoms with van der Waals surface area (Å²) in [6.07, 6.45) is -0.610. The summed E-state index contributed by atoms with van der Waals surface area (Å²) in [5.41, 5.74) is 5.16. The van der Waals surface area contributed by atoms with Gasteiger partial charge in [-0.25, -0.2) is 14.0 Å². The van der Waals surface area contributed by atoms with E-state index in [1.54, 1.807) is 24.1 Å². The van der Waals surface area contributed by atoms with Gasteiger partial charge in [0, 0.05) is 25.2 Å². The zero-order valence-electron chi connectivity index (χ0n) is 18.2. The van der Waals surface area contributed by atoms with Gasteiger partial charge in [0.15, 0.2) is 0 Å². The summed E-state index contributed by atoms with van der Waals surface area (Å²) in [5, 5.41) is 12.0. The average molecular weight is 448 g/mol. The van der Waals surface area contributed by atoms with Crippen LogP contribution in [-0.4, -0.2) is 43.4 Å². The standard InChI is InChI=1S/C26H25FN2O4/c1-29(18-12-10-17(27)11-13-18)15-14-24(25(30)31)28-26(32)33-16-23-21-8-4-2-6-19(21)20-7-3-5-9-22(20)23/h2-13,23-24H,14-16H2,1H3,(H,28,32)(H,30,31)/t24-/m0/s1. The van der Waals surface area contributed by atoms with Gasteiger partial charge in [0.25, 0.3) is 0 Å². The van der Waals surface area contributed by atoms with Gasteiger partial charge in [0.05, 0.1) is 0 Å². The van der Waals surface area contributed by atoms with E-state index in [4.69, 9.17) is 4.74 Å². The maximum Gasteiger partial charge on any atom is 0.407 e. The van der Waals surface area contributed by atoms with E-state index >= 15 is 0 Å². The van der Waals surface area contributed by atoms with Crippen LogP contribution in [-0.2, 0) is 9.53 Å². The largest absolute Gasteiger partial charge is 0.480 e. The van der Waals surface area contributed by atoms with E-state index in [9.17, 15) is 19.1 Å². The second-order valence-corrected chi connectivity index (χ2v) is 8.05. The van der Waals surface area contributed by atoms with Crippen LogP contribution in [0.1, 0.15) is 23.5 Å². The number of anilines is 1. The highest BCUT2D eigenvalue weighted by molar-refractivity contribution is 5.81. The molecular weight excluding hydrogens is 423 g/mol. The molecule has 1 atom stereocenters. The van der Waals surface area contributed by atoms with Crippen molar-refractivity contribution in [3.63, 3.8) is 0 Å². The predicted molar refractivity (Wildman–Crippen MR) is 124 cm³/mol. The minimum absolute atomic E-state index is 0.101. The molecule has 0 fully saturated rings. The van der Waals surface area contributed by atoms with Crippen molar-refractivity contribution in [1.29, 1.82) is 0 Å². The molecule has 1 aliphatic carbocycles. The molecule has 6 nitrogen and oxygen atoms in total. The number of hydrogen-bond acceptors (Lipinski definition) is 4. The van der Waals surface area contributed by atoms with E-state index < -0.39 is 18.1 Å². The van der Waals surface area contributed by atoms with Gasteiger partial charge in [-0.3, -0.25) is 0 Å². The summed E-state index contributed by atoms with van der Waals surface area (Å²) in [5.74, 6) is -1.58. The number of alkyl carbamates (subject to hydrolysis) is 1. The van der Waals surface area contributed by atoms with E-state index in [1.165, 1.54) is 12.1 Å². The molecule has 0 unspecified atom stereocenters. The molecule has 7 heteroatoms. The molecule has 0 spiro atoms. The molecule has 33 heavy (non-hydrogen) atoms. The Morgan fingerprint density at radius 3 is 2.15 bits per heavy atom. The molecule has 0 saturated heterocycles. The Morgan fingerprint density at radius 1 is 1.00 bits per heavy atom. The Labute approximate surface area is 191 Å². The Hall–Kier alpha value is -3.87. The predicted octanol–water partition coefficient (Wildman–Crippen LogP) is 4.64. The number of carboxylic acids is 1. The Balaban J connectivity index is 1.35. The molecule has 1 amide bonds. The van der Waals surface area contributed by atoms with Crippen molar-refractivity contribution in [1.82, 2.24) is 5.32 Å². The maximum atomic E-state index is 13.1. The van der Waals surface area contributed by atoms with Crippen molar-refractivity contribution in [3.8, 4) is 11.1 Å². The Kier molecular flexibility index (Phi) is 6.58. The van der Waals surface area contributed by atoms with Crippen LogP contribution in [0.4, 0.5) is 14.9 Å². The highest BCUT2D eigenvalue weighted by Crippen LogP contribution is 2.44. The number of nitrogens with one attached hydrogen (secondary N) is 1. The lowest BCUT2D eigenvalue weighted by Gasteiger charge is -2.22. The molecule has 0 aliphatic heterocycles. The second-order valence-electron chi connectivity index (χ2n) is 8.05. The van der Waals surface area contributed by atoms with Crippen LogP contribution in [0.15, 0.2) is 72.8 Å². The molecule has 0 radical (unpaired) electrons. The van der Waals surface area contributed by atoms with Crippen molar-refractivity contribution in [2.75, 3.05) is 25.1 Å². The number of halogens is 1. The number of aliphatic carboxylic acids is 1. The molecule has 4 rings (SSSR count). The average Bonchev–Trinajstić information content (AvgIpc) is 3.14. The fourth-order valence-electron chi connectivity index (χ4n) is 4.19. The van der Waals surface area contributed by atoms with Crippen LogP contribution < -0.4 is 10.2 Å². The first kappa shape index (κ1) is 22.3. The lowest BCUT2D eigenvalue weighted by Crippen LogP contribution is -2.43. The summed E-state index contributed by atoms with van der Waals surface area (Å²) in [4.78, 5) is 25.9. The van der Waals surface area contributed by atoms with Crippen LogP contribution in [0.2, 0.25) is 0 Å². The summed E-state index contributed by atoms with van der Waals surface area (Å²) < 4.78 is 18.6. The van der Waals surface area contributed by atoms with Gasteiger partial charge in [-0.1, -0.05) is 48.5 Å². The van der Waals surface area contributed by atoms with Crippen molar-refractivity contribution < 1.29 is 23.8 Å². The van der Waals surface area contributed by atoms with Crippen molar-refractivity contribution in [2.24, 2.45) is 0 Å².